The van der Waals surface area contributed by atoms with Crippen molar-refractivity contribution in [1.29, 1.82) is 0 Å². The fourth-order valence-corrected chi connectivity index (χ4v) is 3.86. The molecule has 2 aliphatic rings. The molecule has 1 aromatic rings. The lowest BCUT2D eigenvalue weighted by Crippen LogP contribution is -2.54. The zero-order chi connectivity index (χ0) is 12.4. The lowest BCUT2D eigenvalue weighted by atomic mass is 9.57. The Balaban J connectivity index is 1.63. The first kappa shape index (κ1) is 12.2. The van der Waals surface area contributed by atoms with Crippen LogP contribution >= 0.6 is 0 Å². The maximum atomic E-state index is 4.10. The molecule has 3 rings (SSSR count). The average Bonchev–Trinajstić information content (AvgIpc) is 2.45. The van der Waals surface area contributed by atoms with Gasteiger partial charge in [0.05, 0.1) is 0 Å². The molecule has 2 nitrogen and oxygen atoms in total. The average molecular weight is 244 g/mol. The van der Waals surface area contributed by atoms with E-state index in [1.165, 1.54) is 50.5 Å². The molecule has 2 saturated carbocycles. The van der Waals surface area contributed by atoms with E-state index in [9.17, 15) is 0 Å². The van der Waals surface area contributed by atoms with Crippen LogP contribution in [0, 0.1) is 5.41 Å². The maximum Gasteiger partial charge on any atom is 0.0295 e. The molecule has 2 fully saturated rings. The molecule has 2 heteroatoms. The van der Waals surface area contributed by atoms with Gasteiger partial charge in [0.15, 0.2) is 0 Å². The first-order chi connectivity index (χ1) is 8.80. The zero-order valence-electron chi connectivity index (χ0n) is 11.4. The molecule has 0 saturated heterocycles. The SMILES string of the molecule is CC(NC1CCC12CCCCC2)c1ccncc1. The zero-order valence-corrected chi connectivity index (χ0v) is 11.4. The first-order valence-corrected chi connectivity index (χ1v) is 7.46. The number of pyridine rings is 1. The summed E-state index contributed by atoms with van der Waals surface area (Å²) in [6, 6.07) is 5.46. The number of hydrogen-bond donors (Lipinski definition) is 1. The minimum absolute atomic E-state index is 0.456. The van der Waals surface area contributed by atoms with E-state index < -0.39 is 0 Å². The molecule has 0 amide bonds. The van der Waals surface area contributed by atoms with Gasteiger partial charge >= 0.3 is 0 Å². The first-order valence-electron chi connectivity index (χ1n) is 7.46. The normalized spacial score (nSPS) is 27.7. The van der Waals surface area contributed by atoms with Gasteiger partial charge in [-0.3, -0.25) is 4.98 Å². The van der Waals surface area contributed by atoms with Crippen LogP contribution < -0.4 is 5.32 Å². The second-order valence-electron chi connectivity index (χ2n) is 6.18. The Kier molecular flexibility index (Phi) is 3.38. The molecule has 98 valence electrons. The molecule has 0 bridgehead atoms. The highest BCUT2D eigenvalue weighted by Crippen LogP contribution is 2.52. The van der Waals surface area contributed by atoms with Crippen molar-refractivity contribution >= 4 is 0 Å². The summed E-state index contributed by atoms with van der Waals surface area (Å²) in [7, 11) is 0. The highest BCUT2D eigenvalue weighted by Gasteiger charge is 2.46. The van der Waals surface area contributed by atoms with Crippen LogP contribution in [0.3, 0.4) is 0 Å². The van der Waals surface area contributed by atoms with Gasteiger partial charge in [-0.25, -0.2) is 0 Å². The number of nitrogens with zero attached hydrogens (tertiary/aromatic N) is 1. The lowest BCUT2D eigenvalue weighted by molar-refractivity contribution is 0.0174. The summed E-state index contributed by atoms with van der Waals surface area (Å²) in [5.41, 5.74) is 2.02. The van der Waals surface area contributed by atoms with Gasteiger partial charge in [-0.1, -0.05) is 19.3 Å². The molecule has 1 N–H and O–H groups in total. The molecule has 2 atom stereocenters. The van der Waals surface area contributed by atoms with Crippen molar-refractivity contribution in [2.24, 2.45) is 5.41 Å². The summed E-state index contributed by atoms with van der Waals surface area (Å²) < 4.78 is 0. The van der Waals surface area contributed by atoms with Crippen LogP contribution in [0.2, 0.25) is 0 Å². The molecule has 1 aromatic heterocycles. The van der Waals surface area contributed by atoms with Crippen molar-refractivity contribution < 1.29 is 0 Å². The monoisotopic (exact) mass is 244 g/mol. The Labute approximate surface area is 110 Å². The van der Waals surface area contributed by atoms with E-state index in [2.05, 4.69) is 29.4 Å². The second-order valence-corrected chi connectivity index (χ2v) is 6.18. The van der Waals surface area contributed by atoms with Crippen LogP contribution in [0.5, 0.6) is 0 Å². The quantitative estimate of drug-likeness (QED) is 0.873. The highest BCUT2D eigenvalue weighted by molar-refractivity contribution is 5.15. The van der Waals surface area contributed by atoms with E-state index >= 15 is 0 Å². The van der Waals surface area contributed by atoms with Crippen molar-refractivity contribution in [2.75, 3.05) is 0 Å². The van der Waals surface area contributed by atoms with Crippen molar-refractivity contribution in [3.05, 3.63) is 30.1 Å². The van der Waals surface area contributed by atoms with Gasteiger partial charge in [-0.2, -0.15) is 0 Å². The fourth-order valence-electron chi connectivity index (χ4n) is 3.86. The summed E-state index contributed by atoms with van der Waals surface area (Å²) >= 11 is 0. The van der Waals surface area contributed by atoms with Crippen LogP contribution in [0.25, 0.3) is 0 Å². The molecule has 0 aliphatic heterocycles. The number of hydrogen-bond acceptors (Lipinski definition) is 2. The Morgan fingerprint density at radius 2 is 1.89 bits per heavy atom. The molecular weight excluding hydrogens is 220 g/mol. The van der Waals surface area contributed by atoms with Crippen LogP contribution in [0.1, 0.15) is 63.5 Å². The van der Waals surface area contributed by atoms with E-state index in [0.29, 0.717) is 11.5 Å². The number of aromatic nitrogens is 1. The van der Waals surface area contributed by atoms with Crippen LogP contribution in [-0.2, 0) is 0 Å². The molecule has 2 unspecified atom stereocenters. The summed E-state index contributed by atoms with van der Waals surface area (Å²) in [5.74, 6) is 0. The molecule has 0 radical (unpaired) electrons. The highest BCUT2D eigenvalue weighted by atomic mass is 15.0. The largest absolute Gasteiger partial charge is 0.307 e. The van der Waals surface area contributed by atoms with Crippen LogP contribution in [-0.4, -0.2) is 11.0 Å². The van der Waals surface area contributed by atoms with Gasteiger partial charge in [-0.15, -0.1) is 0 Å². The van der Waals surface area contributed by atoms with Gasteiger partial charge in [0.2, 0.25) is 0 Å². The third kappa shape index (κ3) is 2.18. The van der Waals surface area contributed by atoms with E-state index in [-0.39, 0.29) is 0 Å². The van der Waals surface area contributed by atoms with Gasteiger partial charge in [0.1, 0.15) is 0 Å². The van der Waals surface area contributed by atoms with Gasteiger partial charge in [0, 0.05) is 24.5 Å². The lowest BCUT2D eigenvalue weighted by Gasteiger charge is -2.53. The fraction of sp³-hybridized carbons (Fsp3) is 0.688. The van der Waals surface area contributed by atoms with E-state index in [4.69, 9.17) is 0 Å². The standard InChI is InChI=1S/C16H24N2/c1-13(14-6-11-17-12-7-14)18-15-5-10-16(15)8-3-2-4-9-16/h6-7,11-13,15,18H,2-5,8-10H2,1H3. The predicted molar refractivity (Wildman–Crippen MR) is 74.3 cm³/mol. The van der Waals surface area contributed by atoms with E-state index in [0.717, 1.165) is 6.04 Å². The molecular formula is C16H24N2. The summed E-state index contributed by atoms with van der Waals surface area (Å²) in [6.45, 7) is 2.28. The van der Waals surface area contributed by atoms with Crippen molar-refractivity contribution in [1.82, 2.24) is 10.3 Å². The van der Waals surface area contributed by atoms with Gasteiger partial charge in [-0.05, 0) is 55.7 Å². The molecule has 1 spiro atoms. The van der Waals surface area contributed by atoms with E-state index in [1.54, 1.807) is 0 Å². The molecule has 2 aliphatic carbocycles. The summed E-state index contributed by atoms with van der Waals surface area (Å²) in [6.07, 6.45) is 13.9. The predicted octanol–water partition coefficient (Wildman–Crippen LogP) is 3.85. The number of nitrogens with one attached hydrogen (secondary N) is 1. The van der Waals surface area contributed by atoms with Crippen molar-refractivity contribution in [2.45, 2.75) is 64.0 Å². The van der Waals surface area contributed by atoms with Crippen molar-refractivity contribution in [3.63, 3.8) is 0 Å². The Morgan fingerprint density at radius 1 is 1.17 bits per heavy atom. The number of rotatable bonds is 3. The molecule has 0 aromatic carbocycles. The maximum absolute atomic E-state index is 4.10. The Bertz CT molecular complexity index is 381. The molecule has 1 heterocycles. The summed E-state index contributed by atoms with van der Waals surface area (Å²) in [4.78, 5) is 4.10. The topological polar surface area (TPSA) is 24.9 Å². The second kappa shape index (κ2) is 5.00. The van der Waals surface area contributed by atoms with Gasteiger partial charge < -0.3 is 5.32 Å². The Morgan fingerprint density at radius 3 is 2.50 bits per heavy atom. The molecule has 18 heavy (non-hydrogen) atoms. The summed E-state index contributed by atoms with van der Waals surface area (Å²) in [5, 5.41) is 3.87. The third-order valence-electron chi connectivity index (χ3n) is 5.18. The van der Waals surface area contributed by atoms with Gasteiger partial charge in [0.25, 0.3) is 0 Å². The van der Waals surface area contributed by atoms with Crippen LogP contribution in [0.4, 0.5) is 0 Å². The van der Waals surface area contributed by atoms with Crippen LogP contribution in [0.15, 0.2) is 24.5 Å². The third-order valence-corrected chi connectivity index (χ3v) is 5.18. The Hall–Kier alpha value is -0.890. The minimum Gasteiger partial charge on any atom is -0.307 e. The van der Waals surface area contributed by atoms with Crippen molar-refractivity contribution in [3.8, 4) is 0 Å². The minimum atomic E-state index is 0.456. The smallest absolute Gasteiger partial charge is 0.0295 e. The van der Waals surface area contributed by atoms with E-state index in [1.807, 2.05) is 12.4 Å².